The van der Waals surface area contributed by atoms with Crippen molar-refractivity contribution in [3.05, 3.63) is 65.5 Å². The van der Waals surface area contributed by atoms with Crippen LogP contribution in [0, 0.1) is 5.82 Å². The molecule has 1 aliphatic rings. The number of fused-ring (bicyclic) bond motifs is 1. The predicted molar refractivity (Wildman–Crippen MR) is 66.7 cm³/mol. The Kier molecular flexibility index (Phi) is 2.48. The van der Waals surface area contributed by atoms with Gasteiger partial charge < -0.3 is 10.6 Å². The lowest BCUT2D eigenvalue weighted by molar-refractivity contribution is 0.0935. The normalized spacial score (nSPS) is 17.6. The summed E-state index contributed by atoms with van der Waals surface area (Å²) in [6.07, 6.45) is -0.326. The molecule has 3 nitrogen and oxygen atoms in total. The minimum absolute atomic E-state index is 0.126. The van der Waals surface area contributed by atoms with Gasteiger partial charge in [-0.3, -0.25) is 4.79 Å². The van der Waals surface area contributed by atoms with Crippen LogP contribution in [0.15, 0.2) is 48.5 Å². The van der Waals surface area contributed by atoms with Gasteiger partial charge in [0.2, 0.25) is 0 Å². The third-order valence-corrected chi connectivity index (χ3v) is 2.95. The number of hydrogen-bond acceptors (Lipinski definition) is 2. The summed E-state index contributed by atoms with van der Waals surface area (Å²) in [6.45, 7) is 0. The second kappa shape index (κ2) is 4.14. The zero-order valence-corrected chi connectivity index (χ0v) is 9.48. The molecule has 4 heteroatoms. The van der Waals surface area contributed by atoms with Gasteiger partial charge in [0.05, 0.1) is 5.56 Å². The van der Waals surface area contributed by atoms with Gasteiger partial charge in [0.25, 0.3) is 5.91 Å². The van der Waals surface area contributed by atoms with Gasteiger partial charge in [-0.15, -0.1) is 0 Å². The second-order valence-electron chi connectivity index (χ2n) is 4.15. The maximum atomic E-state index is 12.9. The lowest BCUT2D eigenvalue weighted by Gasteiger charge is -2.28. The Bertz CT molecular complexity index is 595. The fourth-order valence-corrected chi connectivity index (χ4v) is 2.03. The smallest absolute Gasteiger partial charge is 0.255 e. The van der Waals surface area contributed by atoms with E-state index in [0.29, 0.717) is 5.56 Å². The molecular formula is C14H11FN2O. The van der Waals surface area contributed by atoms with E-state index in [9.17, 15) is 9.18 Å². The first-order valence-electron chi connectivity index (χ1n) is 5.66. The summed E-state index contributed by atoms with van der Waals surface area (Å²) in [5.74, 6) is -0.417. The molecule has 3 rings (SSSR count). The van der Waals surface area contributed by atoms with Crippen LogP contribution >= 0.6 is 0 Å². The molecule has 0 unspecified atom stereocenters. The largest absolute Gasteiger partial charge is 0.361 e. The topological polar surface area (TPSA) is 41.1 Å². The Morgan fingerprint density at radius 1 is 0.944 bits per heavy atom. The summed E-state index contributed by atoms with van der Waals surface area (Å²) in [6, 6.07) is 13.4. The summed E-state index contributed by atoms with van der Waals surface area (Å²) in [4.78, 5) is 11.9. The first-order valence-corrected chi connectivity index (χ1v) is 5.66. The number of rotatable bonds is 1. The molecule has 18 heavy (non-hydrogen) atoms. The predicted octanol–water partition coefficient (Wildman–Crippen LogP) is 2.68. The highest BCUT2D eigenvalue weighted by Gasteiger charge is 2.23. The molecule has 0 bridgehead atoms. The molecule has 1 amide bonds. The standard InChI is InChI=1S/C14H11FN2O/c15-10-7-5-9(6-8-10)13-16-12-4-2-1-3-11(12)14(18)17-13/h1-8,13,16H,(H,17,18)/t13-/m1/s1. The molecule has 0 aliphatic carbocycles. The zero-order chi connectivity index (χ0) is 12.5. The molecule has 1 atom stereocenters. The van der Waals surface area contributed by atoms with E-state index >= 15 is 0 Å². The summed E-state index contributed by atoms with van der Waals surface area (Å²) in [5, 5.41) is 6.04. The molecule has 0 spiro atoms. The second-order valence-corrected chi connectivity index (χ2v) is 4.15. The molecule has 0 saturated carbocycles. The van der Waals surface area contributed by atoms with Gasteiger partial charge in [-0.25, -0.2) is 4.39 Å². The van der Waals surface area contributed by atoms with Gasteiger partial charge in [-0.1, -0.05) is 24.3 Å². The Labute approximate surface area is 104 Å². The number of anilines is 1. The van der Waals surface area contributed by atoms with Crippen LogP contribution in [-0.4, -0.2) is 5.91 Å². The molecule has 90 valence electrons. The number of nitrogens with one attached hydrogen (secondary N) is 2. The molecular weight excluding hydrogens is 231 g/mol. The van der Waals surface area contributed by atoms with E-state index in [1.54, 1.807) is 18.2 Å². The van der Waals surface area contributed by atoms with E-state index in [2.05, 4.69) is 10.6 Å². The van der Waals surface area contributed by atoms with Crippen molar-refractivity contribution in [2.75, 3.05) is 5.32 Å². The fraction of sp³-hybridized carbons (Fsp3) is 0.0714. The Balaban J connectivity index is 1.94. The van der Waals surface area contributed by atoms with Crippen LogP contribution in [0.4, 0.5) is 10.1 Å². The summed E-state index contributed by atoms with van der Waals surface area (Å²) in [7, 11) is 0. The molecule has 0 saturated heterocycles. The molecule has 1 aliphatic heterocycles. The van der Waals surface area contributed by atoms with E-state index in [1.807, 2.05) is 18.2 Å². The fourth-order valence-electron chi connectivity index (χ4n) is 2.03. The summed E-state index contributed by atoms with van der Waals surface area (Å²) < 4.78 is 12.9. The van der Waals surface area contributed by atoms with Crippen molar-refractivity contribution in [2.24, 2.45) is 0 Å². The Morgan fingerprint density at radius 2 is 1.67 bits per heavy atom. The van der Waals surface area contributed by atoms with Crippen molar-refractivity contribution >= 4 is 11.6 Å². The van der Waals surface area contributed by atoms with Gasteiger partial charge >= 0.3 is 0 Å². The number of halogens is 1. The lowest BCUT2D eigenvalue weighted by atomic mass is 10.1. The van der Waals surface area contributed by atoms with E-state index in [-0.39, 0.29) is 17.9 Å². The minimum atomic E-state index is -0.326. The van der Waals surface area contributed by atoms with E-state index in [4.69, 9.17) is 0 Å². The first-order chi connectivity index (χ1) is 8.74. The van der Waals surface area contributed by atoms with Crippen molar-refractivity contribution in [1.29, 1.82) is 0 Å². The van der Waals surface area contributed by atoms with Crippen molar-refractivity contribution in [1.82, 2.24) is 5.32 Å². The number of benzene rings is 2. The van der Waals surface area contributed by atoms with Gasteiger partial charge in [-0.2, -0.15) is 0 Å². The average molecular weight is 242 g/mol. The van der Waals surface area contributed by atoms with Crippen molar-refractivity contribution < 1.29 is 9.18 Å². The SMILES string of the molecule is O=C1N[C@H](c2ccc(F)cc2)Nc2ccccc21. The maximum absolute atomic E-state index is 12.9. The Hall–Kier alpha value is -2.36. The quantitative estimate of drug-likeness (QED) is 0.807. The first kappa shape index (κ1) is 10.8. The monoisotopic (exact) mass is 242 g/mol. The van der Waals surface area contributed by atoms with Crippen LogP contribution in [0.25, 0.3) is 0 Å². The highest BCUT2D eigenvalue weighted by Crippen LogP contribution is 2.26. The van der Waals surface area contributed by atoms with E-state index in [1.165, 1.54) is 12.1 Å². The molecule has 1 heterocycles. The van der Waals surface area contributed by atoms with Crippen molar-refractivity contribution in [3.8, 4) is 0 Å². The molecule has 2 N–H and O–H groups in total. The van der Waals surface area contributed by atoms with Gasteiger partial charge in [0.15, 0.2) is 0 Å². The minimum Gasteiger partial charge on any atom is -0.361 e. The third-order valence-electron chi connectivity index (χ3n) is 2.95. The summed E-state index contributed by atoms with van der Waals surface area (Å²) in [5.41, 5.74) is 2.23. The molecule has 0 aromatic heterocycles. The number of amides is 1. The molecule has 0 fully saturated rings. The van der Waals surface area contributed by atoms with Crippen LogP contribution in [0.3, 0.4) is 0 Å². The zero-order valence-electron chi connectivity index (χ0n) is 9.48. The van der Waals surface area contributed by atoms with Crippen LogP contribution in [-0.2, 0) is 0 Å². The number of hydrogen-bond donors (Lipinski definition) is 2. The molecule has 2 aromatic carbocycles. The van der Waals surface area contributed by atoms with Crippen LogP contribution in [0.5, 0.6) is 0 Å². The van der Waals surface area contributed by atoms with Crippen LogP contribution < -0.4 is 10.6 Å². The number of carbonyl (C=O) groups excluding carboxylic acids is 1. The molecule has 2 aromatic rings. The maximum Gasteiger partial charge on any atom is 0.255 e. The lowest BCUT2D eigenvalue weighted by Crippen LogP contribution is -2.38. The van der Waals surface area contributed by atoms with Crippen molar-refractivity contribution in [2.45, 2.75) is 6.17 Å². The number of para-hydroxylation sites is 1. The third kappa shape index (κ3) is 1.82. The van der Waals surface area contributed by atoms with Gasteiger partial charge in [-0.05, 0) is 29.8 Å². The number of carbonyl (C=O) groups is 1. The van der Waals surface area contributed by atoms with E-state index in [0.717, 1.165) is 11.3 Å². The molecule has 0 radical (unpaired) electrons. The Morgan fingerprint density at radius 3 is 2.44 bits per heavy atom. The van der Waals surface area contributed by atoms with E-state index < -0.39 is 0 Å². The average Bonchev–Trinajstić information content (AvgIpc) is 2.39. The highest BCUT2D eigenvalue weighted by molar-refractivity contribution is 6.01. The van der Waals surface area contributed by atoms with Crippen molar-refractivity contribution in [3.63, 3.8) is 0 Å². The van der Waals surface area contributed by atoms with Crippen LogP contribution in [0.2, 0.25) is 0 Å². The van der Waals surface area contributed by atoms with Crippen LogP contribution in [0.1, 0.15) is 22.1 Å². The highest BCUT2D eigenvalue weighted by atomic mass is 19.1. The van der Waals surface area contributed by atoms with Gasteiger partial charge in [0, 0.05) is 5.69 Å². The summed E-state index contributed by atoms with van der Waals surface area (Å²) >= 11 is 0. The van der Waals surface area contributed by atoms with Gasteiger partial charge in [0.1, 0.15) is 12.0 Å².